The van der Waals surface area contributed by atoms with Gasteiger partial charge in [0.2, 0.25) is 0 Å². The number of carbonyl (C=O) groups excluding carboxylic acids is 1. The Morgan fingerprint density at radius 3 is 2.26 bits per heavy atom. The van der Waals surface area contributed by atoms with Crippen molar-refractivity contribution in [3.05, 3.63) is 94.4 Å². The normalized spacial score (nSPS) is 22.7. The maximum atomic E-state index is 13.6. The largest absolute Gasteiger partial charge is 0.438 e. The van der Waals surface area contributed by atoms with E-state index in [2.05, 4.69) is 24.3 Å². The maximum absolute atomic E-state index is 13.6. The Hall–Kier alpha value is -3.38. The summed E-state index contributed by atoms with van der Waals surface area (Å²) in [7, 11) is 0. The van der Waals surface area contributed by atoms with Crippen molar-refractivity contribution in [1.82, 2.24) is 9.47 Å². The summed E-state index contributed by atoms with van der Waals surface area (Å²) in [5.74, 6) is 0.411. The van der Waals surface area contributed by atoms with Crippen LogP contribution in [0.3, 0.4) is 0 Å². The molecule has 3 fully saturated rings. The number of rotatable bonds is 8. The molecule has 0 bridgehead atoms. The van der Waals surface area contributed by atoms with Crippen LogP contribution < -0.4 is 5.56 Å². The molecule has 3 aromatic rings. The first-order valence-electron chi connectivity index (χ1n) is 13.8. The molecular formula is C32H36N2O4. The highest BCUT2D eigenvalue weighted by Crippen LogP contribution is 2.49. The van der Waals surface area contributed by atoms with Crippen LogP contribution in [0.1, 0.15) is 75.6 Å². The molecule has 1 aliphatic heterocycles. The maximum Gasteiger partial charge on any atom is 0.411 e. The van der Waals surface area contributed by atoms with Gasteiger partial charge in [-0.3, -0.25) is 4.79 Å². The molecule has 6 rings (SSSR count). The van der Waals surface area contributed by atoms with E-state index in [0.29, 0.717) is 31.3 Å². The van der Waals surface area contributed by atoms with E-state index in [0.717, 1.165) is 47.9 Å². The van der Waals surface area contributed by atoms with Gasteiger partial charge in [-0.15, -0.1) is 0 Å². The zero-order valence-electron chi connectivity index (χ0n) is 22.2. The predicted molar refractivity (Wildman–Crippen MR) is 147 cm³/mol. The quantitative estimate of drug-likeness (QED) is 0.390. The number of pyridine rings is 1. The van der Waals surface area contributed by atoms with Crippen molar-refractivity contribution in [2.24, 2.45) is 5.92 Å². The molecule has 1 saturated heterocycles. The minimum atomic E-state index is -0.983. The Morgan fingerprint density at radius 2 is 1.68 bits per heavy atom. The van der Waals surface area contributed by atoms with E-state index in [1.165, 1.54) is 0 Å². The van der Waals surface area contributed by atoms with E-state index >= 15 is 0 Å². The summed E-state index contributed by atoms with van der Waals surface area (Å²) in [6.45, 7) is 4.09. The van der Waals surface area contributed by atoms with Gasteiger partial charge in [-0.25, -0.2) is 4.79 Å². The second-order valence-electron chi connectivity index (χ2n) is 12.0. The lowest BCUT2D eigenvalue weighted by Gasteiger charge is -2.46. The number of carbonyl (C=O) groups is 1. The number of amides is 1. The Kier molecular flexibility index (Phi) is 6.18. The zero-order chi connectivity index (χ0) is 26.5. The second-order valence-corrected chi connectivity index (χ2v) is 12.0. The van der Waals surface area contributed by atoms with Crippen LogP contribution in [0.4, 0.5) is 4.79 Å². The van der Waals surface area contributed by atoms with Crippen molar-refractivity contribution in [2.75, 3.05) is 6.54 Å². The lowest BCUT2D eigenvalue weighted by molar-refractivity contribution is -0.103. The number of cyclic esters (lactones) is 1. The predicted octanol–water partition coefficient (Wildman–Crippen LogP) is 6.20. The van der Waals surface area contributed by atoms with Gasteiger partial charge in [0.1, 0.15) is 5.60 Å². The van der Waals surface area contributed by atoms with Gasteiger partial charge >= 0.3 is 6.09 Å². The average molecular weight is 513 g/mol. The van der Waals surface area contributed by atoms with Crippen LogP contribution in [0.25, 0.3) is 11.1 Å². The topological polar surface area (TPSA) is 71.8 Å². The van der Waals surface area contributed by atoms with Crippen molar-refractivity contribution in [3.8, 4) is 11.1 Å². The number of hydrogen-bond acceptors (Lipinski definition) is 4. The molecular weight excluding hydrogens is 476 g/mol. The van der Waals surface area contributed by atoms with E-state index in [4.69, 9.17) is 4.74 Å². The molecule has 6 heteroatoms. The van der Waals surface area contributed by atoms with E-state index < -0.39 is 11.2 Å². The Morgan fingerprint density at radius 1 is 0.974 bits per heavy atom. The van der Waals surface area contributed by atoms with Gasteiger partial charge < -0.3 is 19.3 Å². The highest BCUT2D eigenvalue weighted by molar-refractivity contribution is 5.71. The van der Waals surface area contributed by atoms with Crippen molar-refractivity contribution in [2.45, 2.75) is 75.7 Å². The smallest absolute Gasteiger partial charge is 0.411 e. The fourth-order valence-corrected chi connectivity index (χ4v) is 6.11. The van der Waals surface area contributed by atoms with Crippen LogP contribution in [0.2, 0.25) is 0 Å². The standard InChI is InChI=1S/C32H36N2O4/c1-31(2,37)21-32(26-6-4-3-5-7-26)17-19-34(30(36)38-32)29(24-12-13-24)23-10-8-22(9-11-23)25-16-18-33(27-14-15-27)28(35)20-25/h3-11,16,18,20,24,27,29,37H,12-15,17,19,21H2,1-2H3/t29-,32?/m1/s1. The Bertz CT molecular complexity index is 1370. The van der Waals surface area contributed by atoms with Gasteiger partial charge in [0.15, 0.2) is 0 Å². The lowest BCUT2D eigenvalue weighted by Crippen LogP contribution is -2.51. The molecule has 2 aliphatic carbocycles. The number of aliphatic hydroxyl groups is 1. The van der Waals surface area contributed by atoms with Gasteiger partial charge in [-0.2, -0.15) is 0 Å². The summed E-state index contributed by atoms with van der Waals surface area (Å²) in [4.78, 5) is 28.0. The summed E-state index contributed by atoms with van der Waals surface area (Å²) in [5.41, 5.74) is 2.14. The van der Waals surface area contributed by atoms with Crippen LogP contribution in [0, 0.1) is 5.92 Å². The third-order valence-corrected chi connectivity index (χ3v) is 8.17. The second kappa shape index (κ2) is 9.42. The van der Waals surface area contributed by atoms with Crippen molar-refractivity contribution in [1.29, 1.82) is 0 Å². The van der Waals surface area contributed by atoms with Gasteiger partial charge in [-0.05, 0) is 73.8 Å². The average Bonchev–Trinajstić information content (AvgIpc) is 3.80. The first kappa shape index (κ1) is 24.9. The van der Waals surface area contributed by atoms with Gasteiger partial charge in [0.25, 0.3) is 5.56 Å². The highest BCUT2D eigenvalue weighted by Gasteiger charge is 2.49. The first-order chi connectivity index (χ1) is 18.2. The molecule has 2 aromatic carbocycles. The number of nitrogens with zero attached hydrogens (tertiary/aromatic N) is 2. The Labute approximate surface area is 223 Å². The fourth-order valence-electron chi connectivity index (χ4n) is 6.11. The molecule has 2 saturated carbocycles. The van der Waals surface area contributed by atoms with Crippen LogP contribution in [-0.2, 0) is 10.3 Å². The molecule has 2 heterocycles. The van der Waals surface area contributed by atoms with Gasteiger partial charge in [-0.1, -0.05) is 54.6 Å². The Balaban J connectivity index is 1.24. The van der Waals surface area contributed by atoms with E-state index in [9.17, 15) is 14.7 Å². The van der Waals surface area contributed by atoms with Crippen molar-refractivity contribution in [3.63, 3.8) is 0 Å². The summed E-state index contributed by atoms with van der Waals surface area (Å²) in [6.07, 6.45) is 6.88. The highest BCUT2D eigenvalue weighted by atomic mass is 16.6. The SMILES string of the molecule is CC(C)(O)CC1(c2ccccc2)CCN([C@H](c2ccc(-c3ccn(C4CC4)c(=O)c3)cc2)C2CC2)C(=O)O1. The third kappa shape index (κ3) is 5.02. The van der Waals surface area contributed by atoms with Crippen LogP contribution in [0.15, 0.2) is 77.7 Å². The summed E-state index contributed by atoms with van der Waals surface area (Å²) in [6, 6.07) is 22.2. The molecule has 0 radical (unpaired) electrons. The minimum Gasteiger partial charge on any atom is -0.438 e. The molecule has 6 nitrogen and oxygen atoms in total. The molecule has 0 spiro atoms. The fraction of sp³-hybridized carbons (Fsp3) is 0.438. The van der Waals surface area contributed by atoms with Crippen LogP contribution in [-0.4, -0.2) is 32.8 Å². The molecule has 2 atom stereocenters. The van der Waals surface area contributed by atoms with E-state index in [1.807, 2.05) is 52.1 Å². The molecule has 1 unspecified atom stereocenters. The van der Waals surface area contributed by atoms with Crippen molar-refractivity contribution >= 4 is 6.09 Å². The first-order valence-corrected chi connectivity index (χ1v) is 13.8. The zero-order valence-corrected chi connectivity index (χ0v) is 22.2. The number of ether oxygens (including phenoxy) is 1. The van der Waals surface area contributed by atoms with Gasteiger partial charge in [0, 0.05) is 37.7 Å². The molecule has 1 amide bonds. The number of aromatic nitrogens is 1. The van der Waals surface area contributed by atoms with E-state index in [1.54, 1.807) is 19.9 Å². The van der Waals surface area contributed by atoms with Crippen molar-refractivity contribution < 1.29 is 14.6 Å². The van der Waals surface area contributed by atoms with Crippen LogP contribution >= 0.6 is 0 Å². The molecule has 1 N–H and O–H groups in total. The molecule has 3 aliphatic rings. The summed E-state index contributed by atoms with van der Waals surface area (Å²) < 4.78 is 8.09. The third-order valence-electron chi connectivity index (χ3n) is 8.17. The number of hydrogen-bond donors (Lipinski definition) is 1. The van der Waals surface area contributed by atoms with Crippen LogP contribution in [0.5, 0.6) is 0 Å². The monoisotopic (exact) mass is 512 g/mol. The summed E-state index contributed by atoms with van der Waals surface area (Å²) >= 11 is 0. The molecule has 198 valence electrons. The number of benzene rings is 2. The van der Waals surface area contributed by atoms with E-state index in [-0.39, 0.29) is 17.7 Å². The minimum absolute atomic E-state index is 0.0460. The molecule has 38 heavy (non-hydrogen) atoms. The molecule has 1 aromatic heterocycles. The van der Waals surface area contributed by atoms with Gasteiger partial charge in [0.05, 0.1) is 11.6 Å². The lowest BCUT2D eigenvalue weighted by atomic mass is 9.80. The summed E-state index contributed by atoms with van der Waals surface area (Å²) in [5, 5.41) is 10.7.